The Labute approximate surface area is 122 Å². The Morgan fingerprint density at radius 1 is 1.30 bits per heavy atom. The Balaban J connectivity index is 1.83. The summed E-state index contributed by atoms with van der Waals surface area (Å²) in [5, 5.41) is 3.65. The van der Waals surface area contributed by atoms with Crippen LogP contribution in [0.15, 0.2) is 24.3 Å². The van der Waals surface area contributed by atoms with Crippen LogP contribution in [0.1, 0.15) is 38.7 Å². The summed E-state index contributed by atoms with van der Waals surface area (Å²) >= 11 is 0. The van der Waals surface area contributed by atoms with E-state index >= 15 is 0 Å². The molecule has 1 aliphatic carbocycles. The first-order chi connectivity index (χ1) is 9.50. The SMILES string of the molecule is CCC(C)(CNC1CC1)CN(C)Cc1ccc(F)cc1. The van der Waals surface area contributed by atoms with Crippen molar-refractivity contribution < 1.29 is 4.39 Å². The molecule has 0 amide bonds. The number of benzene rings is 1. The van der Waals surface area contributed by atoms with Crippen molar-refractivity contribution in [1.82, 2.24) is 10.2 Å². The monoisotopic (exact) mass is 278 g/mol. The van der Waals surface area contributed by atoms with Gasteiger partial charge in [0.1, 0.15) is 5.82 Å². The fourth-order valence-electron chi connectivity index (χ4n) is 2.58. The molecule has 0 aromatic heterocycles. The van der Waals surface area contributed by atoms with Gasteiger partial charge in [0.2, 0.25) is 0 Å². The normalized spacial score (nSPS) is 18.2. The maximum Gasteiger partial charge on any atom is 0.123 e. The van der Waals surface area contributed by atoms with Crippen LogP contribution in [0.5, 0.6) is 0 Å². The minimum absolute atomic E-state index is 0.163. The fraction of sp³-hybridized carbons (Fsp3) is 0.647. The molecule has 1 N–H and O–H groups in total. The summed E-state index contributed by atoms with van der Waals surface area (Å²) < 4.78 is 12.9. The van der Waals surface area contributed by atoms with E-state index in [1.165, 1.54) is 37.0 Å². The van der Waals surface area contributed by atoms with Gasteiger partial charge < -0.3 is 10.2 Å². The largest absolute Gasteiger partial charge is 0.313 e. The number of hydrogen-bond donors (Lipinski definition) is 1. The van der Waals surface area contributed by atoms with E-state index in [1.54, 1.807) is 0 Å². The second-order valence-corrected chi connectivity index (χ2v) is 6.62. The standard InChI is InChI=1S/C17H27FN2/c1-4-17(2,12-19-16-9-10-16)13-20(3)11-14-5-7-15(18)8-6-14/h5-8,16,19H,4,9-13H2,1-3H3. The number of rotatable bonds is 8. The Kier molecular flexibility index (Phi) is 5.17. The summed E-state index contributed by atoms with van der Waals surface area (Å²) in [5.41, 5.74) is 1.47. The number of hydrogen-bond acceptors (Lipinski definition) is 2. The summed E-state index contributed by atoms with van der Waals surface area (Å²) in [6, 6.07) is 7.59. The van der Waals surface area contributed by atoms with Crippen molar-refractivity contribution in [3.63, 3.8) is 0 Å². The number of nitrogens with zero attached hydrogens (tertiary/aromatic N) is 1. The summed E-state index contributed by atoms with van der Waals surface area (Å²) in [4.78, 5) is 2.34. The first-order valence-corrected chi connectivity index (χ1v) is 7.67. The highest BCUT2D eigenvalue weighted by molar-refractivity contribution is 5.15. The van der Waals surface area contributed by atoms with E-state index in [2.05, 4.69) is 31.1 Å². The molecule has 0 aliphatic heterocycles. The van der Waals surface area contributed by atoms with E-state index in [0.717, 1.165) is 25.7 Å². The number of halogens is 1. The zero-order valence-electron chi connectivity index (χ0n) is 13.0. The molecule has 20 heavy (non-hydrogen) atoms. The first kappa shape index (κ1) is 15.5. The van der Waals surface area contributed by atoms with Gasteiger partial charge in [-0.15, -0.1) is 0 Å². The lowest BCUT2D eigenvalue weighted by Gasteiger charge is -2.33. The van der Waals surface area contributed by atoms with Crippen LogP contribution in [-0.2, 0) is 6.54 Å². The smallest absolute Gasteiger partial charge is 0.123 e. The molecule has 1 saturated carbocycles. The third-order valence-corrected chi connectivity index (χ3v) is 4.27. The van der Waals surface area contributed by atoms with Crippen molar-refractivity contribution >= 4 is 0 Å². The molecule has 1 aliphatic rings. The molecular formula is C17H27FN2. The molecule has 1 aromatic carbocycles. The lowest BCUT2D eigenvalue weighted by molar-refractivity contribution is 0.174. The molecule has 1 atom stereocenters. The lowest BCUT2D eigenvalue weighted by Crippen LogP contribution is -2.41. The highest BCUT2D eigenvalue weighted by Crippen LogP contribution is 2.25. The summed E-state index contributed by atoms with van der Waals surface area (Å²) in [6.45, 7) is 7.63. The van der Waals surface area contributed by atoms with Crippen molar-refractivity contribution in [2.45, 2.75) is 45.7 Å². The first-order valence-electron chi connectivity index (χ1n) is 7.67. The Morgan fingerprint density at radius 2 is 1.95 bits per heavy atom. The van der Waals surface area contributed by atoms with E-state index in [4.69, 9.17) is 0 Å². The van der Waals surface area contributed by atoms with Crippen molar-refractivity contribution in [2.75, 3.05) is 20.1 Å². The average Bonchev–Trinajstić information content (AvgIpc) is 3.23. The molecule has 0 saturated heterocycles. The summed E-state index contributed by atoms with van der Waals surface area (Å²) in [6.07, 6.45) is 3.84. The molecule has 0 bridgehead atoms. The van der Waals surface area contributed by atoms with E-state index < -0.39 is 0 Å². The van der Waals surface area contributed by atoms with Crippen LogP contribution >= 0.6 is 0 Å². The molecular weight excluding hydrogens is 251 g/mol. The summed E-state index contributed by atoms with van der Waals surface area (Å²) in [7, 11) is 2.15. The van der Waals surface area contributed by atoms with Crippen molar-refractivity contribution in [3.8, 4) is 0 Å². The summed E-state index contributed by atoms with van der Waals surface area (Å²) in [5.74, 6) is -0.163. The Hall–Kier alpha value is -0.930. The third-order valence-electron chi connectivity index (χ3n) is 4.27. The predicted octanol–water partition coefficient (Wildman–Crippen LogP) is 3.43. The van der Waals surface area contributed by atoms with Gasteiger partial charge in [0, 0.05) is 25.7 Å². The minimum Gasteiger partial charge on any atom is -0.313 e. The van der Waals surface area contributed by atoms with Crippen LogP contribution in [0.4, 0.5) is 4.39 Å². The van der Waals surface area contributed by atoms with Gasteiger partial charge in [0.15, 0.2) is 0 Å². The van der Waals surface area contributed by atoms with Crippen LogP contribution in [0, 0.1) is 11.2 Å². The average molecular weight is 278 g/mol. The molecule has 1 fully saturated rings. The topological polar surface area (TPSA) is 15.3 Å². The Bertz CT molecular complexity index is 414. The molecule has 0 spiro atoms. The highest BCUT2D eigenvalue weighted by atomic mass is 19.1. The van der Waals surface area contributed by atoms with Crippen molar-refractivity contribution in [2.24, 2.45) is 5.41 Å². The van der Waals surface area contributed by atoms with Gasteiger partial charge in [-0.25, -0.2) is 4.39 Å². The van der Waals surface area contributed by atoms with Crippen LogP contribution in [0.2, 0.25) is 0 Å². The van der Waals surface area contributed by atoms with Crippen LogP contribution in [0.3, 0.4) is 0 Å². The lowest BCUT2D eigenvalue weighted by atomic mass is 9.86. The molecule has 112 valence electrons. The van der Waals surface area contributed by atoms with Gasteiger partial charge in [-0.05, 0) is 49.4 Å². The second-order valence-electron chi connectivity index (χ2n) is 6.62. The molecule has 1 aromatic rings. The molecule has 0 heterocycles. The van der Waals surface area contributed by atoms with E-state index in [0.29, 0.717) is 5.41 Å². The number of nitrogens with one attached hydrogen (secondary N) is 1. The van der Waals surface area contributed by atoms with E-state index in [-0.39, 0.29) is 5.82 Å². The van der Waals surface area contributed by atoms with Crippen LogP contribution in [0.25, 0.3) is 0 Å². The van der Waals surface area contributed by atoms with Gasteiger partial charge >= 0.3 is 0 Å². The molecule has 3 heteroatoms. The zero-order valence-corrected chi connectivity index (χ0v) is 13.0. The Morgan fingerprint density at radius 3 is 2.50 bits per heavy atom. The predicted molar refractivity (Wildman–Crippen MR) is 82.2 cm³/mol. The third kappa shape index (κ3) is 4.88. The van der Waals surface area contributed by atoms with Gasteiger partial charge in [-0.1, -0.05) is 26.0 Å². The van der Waals surface area contributed by atoms with Gasteiger partial charge in [0.05, 0.1) is 0 Å². The van der Waals surface area contributed by atoms with Gasteiger partial charge in [-0.2, -0.15) is 0 Å². The van der Waals surface area contributed by atoms with Gasteiger partial charge in [0.25, 0.3) is 0 Å². The van der Waals surface area contributed by atoms with E-state index in [9.17, 15) is 4.39 Å². The van der Waals surface area contributed by atoms with E-state index in [1.807, 2.05) is 12.1 Å². The molecule has 1 unspecified atom stereocenters. The molecule has 2 nitrogen and oxygen atoms in total. The van der Waals surface area contributed by atoms with Crippen molar-refractivity contribution in [3.05, 3.63) is 35.6 Å². The highest BCUT2D eigenvalue weighted by Gasteiger charge is 2.28. The maximum atomic E-state index is 12.9. The maximum absolute atomic E-state index is 12.9. The quantitative estimate of drug-likeness (QED) is 0.784. The molecule has 0 radical (unpaired) electrons. The van der Waals surface area contributed by atoms with Gasteiger partial charge in [-0.3, -0.25) is 0 Å². The molecule has 2 rings (SSSR count). The van der Waals surface area contributed by atoms with Crippen LogP contribution < -0.4 is 5.32 Å². The van der Waals surface area contributed by atoms with Crippen LogP contribution in [-0.4, -0.2) is 31.1 Å². The fourth-order valence-corrected chi connectivity index (χ4v) is 2.58. The minimum atomic E-state index is -0.163. The second kappa shape index (κ2) is 6.68. The van der Waals surface area contributed by atoms with Crippen molar-refractivity contribution in [1.29, 1.82) is 0 Å². The zero-order chi connectivity index (χ0) is 14.6.